The highest BCUT2D eigenvalue weighted by atomic mass is 127. The molecule has 0 saturated carbocycles. The Balaban J connectivity index is 0.00000288. The van der Waals surface area contributed by atoms with E-state index in [2.05, 4.69) is 22.2 Å². The molecule has 0 bridgehead atoms. The molecule has 1 heterocycles. The van der Waals surface area contributed by atoms with Gasteiger partial charge in [0.1, 0.15) is 6.10 Å². The Morgan fingerprint density at radius 1 is 1.50 bits per heavy atom. The number of nitrogens with zero attached hydrogens (tertiary/aromatic N) is 1. The molecule has 7 heteroatoms. The molecule has 0 aromatic heterocycles. The minimum Gasteiger partial charge on any atom is -0.370 e. The minimum absolute atomic E-state index is 0. The number of hydrogen-bond acceptors (Lipinski definition) is 3. The lowest BCUT2D eigenvalue weighted by atomic mass is 10.2. The zero-order valence-corrected chi connectivity index (χ0v) is 16.2. The summed E-state index contributed by atoms with van der Waals surface area (Å²) in [5, 5.41) is 5.86. The van der Waals surface area contributed by atoms with E-state index in [-0.39, 0.29) is 36.0 Å². The summed E-state index contributed by atoms with van der Waals surface area (Å²) in [5.74, 6) is 0.285. The molecule has 1 saturated heterocycles. The molecule has 4 N–H and O–H groups in total. The Morgan fingerprint density at radius 2 is 2.29 bits per heavy atom. The first-order chi connectivity index (χ1) is 11.0. The van der Waals surface area contributed by atoms with Crippen LogP contribution in [0.3, 0.4) is 0 Å². The van der Waals surface area contributed by atoms with E-state index in [0.717, 1.165) is 29.7 Å². The molecule has 6 nitrogen and oxygen atoms in total. The van der Waals surface area contributed by atoms with Crippen LogP contribution >= 0.6 is 24.0 Å². The Morgan fingerprint density at radius 3 is 2.96 bits per heavy atom. The summed E-state index contributed by atoms with van der Waals surface area (Å²) in [7, 11) is 0. The van der Waals surface area contributed by atoms with Gasteiger partial charge in [0.15, 0.2) is 5.96 Å². The van der Waals surface area contributed by atoms with Crippen molar-refractivity contribution in [2.24, 2.45) is 10.7 Å². The lowest BCUT2D eigenvalue weighted by Gasteiger charge is -2.11. The Hall–Kier alpha value is -1.61. The zero-order chi connectivity index (χ0) is 16.7. The van der Waals surface area contributed by atoms with Crippen LogP contribution in [0.4, 0.5) is 5.69 Å². The van der Waals surface area contributed by atoms with E-state index in [9.17, 15) is 4.79 Å². The number of nitrogens with two attached hydrogens (primary N) is 1. The summed E-state index contributed by atoms with van der Waals surface area (Å²) in [4.78, 5) is 16.3. The van der Waals surface area contributed by atoms with E-state index in [1.54, 1.807) is 0 Å². The van der Waals surface area contributed by atoms with Crippen LogP contribution in [-0.4, -0.2) is 31.1 Å². The normalized spacial score (nSPS) is 17.0. The van der Waals surface area contributed by atoms with Crippen LogP contribution in [0.15, 0.2) is 41.4 Å². The second-order valence-corrected chi connectivity index (χ2v) is 5.70. The summed E-state index contributed by atoms with van der Waals surface area (Å²) < 4.78 is 5.38. The molecule has 24 heavy (non-hydrogen) atoms. The molecule has 1 unspecified atom stereocenters. The molecule has 132 valence electrons. The topological polar surface area (TPSA) is 88.7 Å². The summed E-state index contributed by atoms with van der Waals surface area (Å²) in [5.41, 5.74) is 8.48. The van der Waals surface area contributed by atoms with Crippen molar-refractivity contribution >= 4 is 41.5 Å². The lowest BCUT2D eigenvalue weighted by molar-refractivity contribution is -0.124. The molecular weight excluding hydrogens is 419 g/mol. The molecule has 1 aromatic carbocycles. The first kappa shape index (κ1) is 20.4. The van der Waals surface area contributed by atoms with Crippen molar-refractivity contribution in [2.75, 3.05) is 18.5 Å². The number of ether oxygens (including phenoxy) is 1. The number of amides is 1. The third-order valence-electron chi connectivity index (χ3n) is 3.42. The second-order valence-electron chi connectivity index (χ2n) is 5.70. The maximum absolute atomic E-state index is 12.0. The highest BCUT2D eigenvalue weighted by molar-refractivity contribution is 14.0. The molecule has 1 atom stereocenters. The van der Waals surface area contributed by atoms with Gasteiger partial charge in [0.2, 0.25) is 0 Å². The second kappa shape index (κ2) is 10.3. The van der Waals surface area contributed by atoms with Gasteiger partial charge >= 0.3 is 0 Å². The molecule has 0 spiro atoms. The van der Waals surface area contributed by atoms with E-state index in [1.165, 1.54) is 0 Å². The van der Waals surface area contributed by atoms with Gasteiger partial charge in [0, 0.05) is 18.8 Å². The number of carbonyl (C=O) groups excluding carboxylic acids is 1. The van der Waals surface area contributed by atoms with E-state index in [0.29, 0.717) is 25.7 Å². The molecule has 1 aromatic rings. The fourth-order valence-corrected chi connectivity index (χ4v) is 2.23. The number of halogens is 1. The summed E-state index contributed by atoms with van der Waals surface area (Å²) in [6.07, 6.45) is 1.38. The lowest BCUT2D eigenvalue weighted by Crippen LogP contribution is -2.32. The smallest absolute Gasteiger partial charge is 0.253 e. The number of benzene rings is 1. The largest absolute Gasteiger partial charge is 0.370 e. The number of anilines is 1. The van der Waals surface area contributed by atoms with Crippen molar-refractivity contribution in [1.29, 1.82) is 0 Å². The molecule has 1 aliphatic heterocycles. The van der Waals surface area contributed by atoms with Crippen LogP contribution in [0.1, 0.15) is 25.3 Å². The maximum atomic E-state index is 12.0. The van der Waals surface area contributed by atoms with Gasteiger partial charge in [-0.2, -0.15) is 0 Å². The predicted molar refractivity (Wildman–Crippen MR) is 108 cm³/mol. The van der Waals surface area contributed by atoms with E-state index >= 15 is 0 Å². The number of aliphatic imine (C=N–C) groups is 1. The van der Waals surface area contributed by atoms with Crippen molar-refractivity contribution in [3.05, 3.63) is 42.0 Å². The van der Waals surface area contributed by atoms with Crippen molar-refractivity contribution in [2.45, 2.75) is 32.4 Å². The third kappa shape index (κ3) is 6.88. The van der Waals surface area contributed by atoms with Crippen molar-refractivity contribution in [3.8, 4) is 0 Å². The van der Waals surface area contributed by atoms with Crippen LogP contribution in [0.5, 0.6) is 0 Å². The minimum atomic E-state index is -0.335. The molecule has 1 amide bonds. The quantitative estimate of drug-likeness (QED) is 0.272. The van der Waals surface area contributed by atoms with Crippen molar-refractivity contribution in [3.63, 3.8) is 0 Å². The standard InChI is InChI=1S/C17H24N4O2.HI/c1-12(2)10-19-17(18)20-11-13-5-3-6-14(9-13)21-16(22)15-7-4-8-23-15;/h3,5-6,9,15H,1,4,7-8,10-11H2,2H3,(H,21,22)(H3,18,19,20);1H. The summed E-state index contributed by atoms with van der Waals surface area (Å²) in [6, 6.07) is 7.57. The maximum Gasteiger partial charge on any atom is 0.253 e. The van der Waals surface area contributed by atoms with Crippen molar-refractivity contribution in [1.82, 2.24) is 5.32 Å². The van der Waals surface area contributed by atoms with Gasteiger partial charge in [-0.15, -0.1) is 24.0 Å². The van der Waals surface area contributed by atoms with Crippen LogP contribution in [0.2, 0.25) is 0 Å². The molecule has 0 radical (unpaired) electrons. The van der Waals surface area contributed by atoms with Gasteiger partial charge in [-0.1, -0.05) is 24.3 Å². The molecule has 1 aliphatic rings. The Labute approximate surface area is 160 Å². The SMILES string of the molecule is C=C(C)CNC(N)=NCc1cccc(NC(=O)C2CCCO2)c1.I. The van der Waals surface area contributed by atoms with Crippen LogP contribution < -0.4 is 16.4 Å². The van der Waals surface area contributed by atoms with Gasteiger partial charge in [-0.25, -0.2) is 4.99 Å². The number of rotatable bonds is 6. The van der Waals surface area contributed by atoms with Gasteiger partial charge in [0.05, 0.1) is 6.54 Å². The van der Waals surface area contributed by atoms with Crippen molar-refractivity contribution < 1.29 is 9.53 Å². The Kier molecular flexibility index (Phi) is 8.77. The first-order valence-electron chi connectivity index (χ1n) is 7.74. The van der Waals surface area contributed by atoms with Crippen LogP contribution in [-0.2, 0) is 16.1 Å². The molecule has 2 rings (SSSR count). The summed E-state index contributed by atoms with van der Waals surface area (Å²) >= 11 is 0. The Bertz CT molecular complexity index is 598. The monoisotopic (exact) mass is 444 g/mol. The van der Waals surface area contributed by atoms with Gasteiger partial charge < -0.3 is 21.1 Å². The van der Waals surface area contributed by atoms with Gasteiger partial charge in [-0.3, -0.25) is 4.79 Å². The highest BCUT2D eigenvalue weighted by Gasteiger charge is 2.23. The van der Waals surface area contributed by atoms with Gasteiger partial charge in [0.25, 0.3) is 5.91 Å². The first-order valence-corrected chi connectivity index (χ1v) is 7.74. The fraction of sp³-hybridized carbons (Fsp3) is 0.412. The van der Waals surface area contributed by atoms with E-state index < -0.39 is 0 Å². The predicted octanol–water partition coefficient (Wildman–Crippen LogP) is 2.40. The van der Waals surface area contributed by atoms with Crippen LogP contribution in [0, 0.1) is 0 Å². The highest BCUT2D eigenvalue weighted by Crippen LogP contribution is 2.16. The fourth-order valence-electron chi connectivity index (χ4n) is 2.23. The molecule has 1 fully saturated rings. The number of guanidine groups is 1. The van der Waals surface area contributed by atoms with Gasteiger partial charge in [-0.05, 0) is 37.5 Å². The third-order valence-corrected chi connectivity index (χ3v) is 3.42. The average Bonchev–Trinajstić information content (AvgIpc) is 3.06. The molecule has 0 aliphatic carbocycles. The number of hydrogen-bond donors (Lipinski definition) is 3. The number of carbonyl (C=O) groups is 1. The average molecular weight is 444 g/mol. The van der Waals surface area contributed by atoms with E-state index in [4.69, 9.17) is 10.5 Å². The molecular formula is C17H25IN4O2. The summed E-state index contributed by atoms with van der Waals surface area (Å²) in [6.45, 7) is 7.41. The number of nitrogens with one attached hydrogen (secondary N) is 2. The van der Waals surface area contributed by atoms with Crippen LogP contribution in [0.25, 0.3) is 0 Å². The van der Waals surface area contributed by atoms with E-state index in [1.807, 2.05) is 31.2 Å². The zero-order valence-electron chi connectivity index (χ0n) is 13.9.